The predicted octanol–water partition coefficient (Wildman–Crippen LogP) is 1.84. The Morgan fingerprint density at radius 1 is 1.28 bits per heavy atom. The van der Waals surface area contributed by atoms with Gasteiger partial charge in [-0.05, 0) is 18.4 Å². The Morgan fingerprint density at radius 3 is 2.78 bits per heavy atom. The zero-order valence-electron chi connectivity index (χ0n) is 10.5. The zero-order chi connectivity index (χ0) is 12.8. The summed E-state index contributed by atoms with van der Waals surface area (Å²) in [6.45, 7) is 0.814. The van der Waals surface area contributed by atoms with Crippen LogP contribution in [-0.2, 0) is 6.42 Å². The summed E-state index contributed by atoms with van der Waals surface area (Å²) in [6, 6.07) is 10.3. The van der Waals surface area contributed by atoms with E-state index in [2.05, 4.69) is 22.1 Å². The SMILES string of the molecule is CN(CCCc1ccccc1)c1ncc[nH]c1=O. The van der Waals surface area contributed by atoms with Crippen LogP contribution in [0.15, 0.2) is 47.5 Å². The van der Waals surface area contributed by atoms with E-state index in [0.29, 0.717) is 5.82 Å². The van der Waals surface area contributed by atoms with Gasteiger partial charge >= 0.3 is 0 Å². The average Bonchev–Trinajstić information content (AvgIpc) is 2.40. The lowest BCUT2D eigenvalue weighted by Crippen LogP contribution is -2.27. The van der Waals surface area contributed by atoms with Crippen LogP contribution in [0.25, 0.3) is 0 Å². The van der Waals surface area contributed by atoms with E-state index in [9.17, 15) is 4.79 Å². The highest BCUT2D eigenvalue weighted by molar-refractivity contribution is 5.33. The van der Waals surface area contributed by atoms with Crippen molar-refractivity contribution in [3.05, 3.63) is 58.6 Å². The Labute approximate surface area is 106 Å². The summed E-state index contributed by atoms with van der Waals surface area (Å²) in [5.74, 6) is 0.477. The minimum atomic E-state index is -0.139. The number of H-pyrrole nitrogens is 1. The van der Waals surface area contributed by atoms with Gasteiger partial charge in [0.05, 0.1) is 0 Å². The highest BCUT2D eigenvalue weighted by Crippen LogP contribution is 2.05. The first-order valence-corrected chi connectivity index (χ1v) is 6.06. The number of rotatable bonds is 5. The van der Waals surface area contributed by atoms with Crippen molar-refractivity contribution in [1.29, 1.82) is 0 Å². The van der Waals surface area contributed by atoms with Crippen LogP contribution in [0.2, 0.25) is 0 Å². The van der Waals surface area contributed by atoms with Crippen molar-refractivity contribution >= 4 is 5.82 Å². The smallest absolute Gasteiger partial charge is 0.290 e. The fraction of sp³-hybridized carbons (Fsp3) is 0.286. The van der Waals surface area contributed by atoms with Crippen LogP contribution >= 0.6 is 0 Å². The van der Waals surface area contributed by atoms with E-state index in [1.165, 1.54) is 5.56 Å². The molecular formula is C14H17N3O. The van der Waals surface area contributed by atoms with Crippen LogP contribution in [0.4, 0.5) is 5.82 Å². The van der Waals surface area contributed by atoms with Crippen LogP contribution in [-0.4, -0.2) is 23.6 Å². The Hall–Kier alpha value is -2.10. The summed E-state index contributed by atoms with van der Waals surface area (Å²) in [5, 5.41) is 0. The molecule has 2 rings (SSSR count). The molecule has 4 nitrogen and oxygen atoms in total. The molecule has 0 fully saturated rings. The molecule has 1 N–H and O–H groups in total. The van der Waals surface area contributed by atoms with E-state index in [1.54, 1.807) is 12.4 Å². The summed E-state index contributed by atoms with van der Waals surface area (Å²) >= 11 is 0. The summed E-state index contributed by atoms with van der Waals surface area (Å²) in [7, 11) is 1.89. The van der Waals surface area contributed by atoms with Crippen LogP contribution in [0.3, 0.4) is 0 Å². The van der Waals surface area contributed by atoms with Crippen LogP contribution in [0.5, 0.6) is 0 Å². The number of benzene rings is 1. The molecule has 0 saturated heterocycles. The molecule has 94 valence electrons. The minimum absolute atomic E-state index is 0.139. The molecular weight excluding hydrogens is 226 g/mol. The highest BCUT2D eigenvalue weighted by Gasteiger charge is 2.05. The third-order valence-electron chi connectivity index (χ3n) is 2.85. The number of aromatic nitrogens is 2. The average molecular weight is 243 g/mol. The summed E-state index contributed by atoms with van der Waals surface area (Å²) in [4.78, 5) is 20.1. The lowest BCUT2D eigenvalue weighted by atomic mass is 10.1. The minimum Gasteiger partial charge on any atom is -0.355 e. The normalized spacial score (nSPS) is 10.3. The first kappa shape index (κ1) is 12.4. The maximum atomic E-state index is 11.5. The van der Waals surface area contributed by atoms with Gasteiger partial charge in [0.2, 0.25) is 0 Å². The van der Waals surface area contributed by atoms with Crippen molar-refractivity contribution in [3.8, 4) is 0 Å². The summed E-state index contributed by atoms with van der Waals surface area (Å²) < 4.78 is 0. The van der Waals surface area contributed by atoms with Crippen LogP contribution in [0.1, 0.15) is 12.0 Å². The number of hydrogen-bond donors (Lipinski definition) is 1. The van der Waals surface area contributed by atoms with E-state index in [4.69, 9.17) is 0 Å². The number of aryl methyl sites for hydroxylation is 1. The molecule has 18 heavy (non-hydrogen) atoms. The molecule has 0 spiro atoms. The van der Waals surface area contributed by atoms with Gasteiger partial charge in [0.1, 0.15) is 0 Å². The van der Waals surface area contributed by atoms with Crippen molar-refractivity contribution < 1.29 is 0 Å². The van der Waals surface area contributed by atoms with Gasteiger partial charge in [-0.1, -0.05) is 30.3 Å². The Kier molecular flexibility index (Phi) is 4.12. The topological polar surface area (TPSA) is 49.0 Å². The third kappa shape index (κ3) is 3.20. The van der Waals surface area contributed by atoms with Crippen LogP contribution < -0.4 is 10.5 Å². The van der Waals surface area contributed by atoms with Crippen molar-refractivity contribution in [2.24, 2.45) is 0 Å². The van der Waals surface area contributed by atoms with Crippen molar-refractivity contribution in [2.45, 2.75) is 12.8 Å². The van der Waals surface area contributed by atoms with Gasteiger partial charge in [0.25, 0.3) is 5.56 Å². The molecule has 1 aromatic heterocycles. The molecule has 1 heterocycles. The molecule has 0 unspecified atom stereocenters. The van der Waals surface area contributed by atoms with Crippen molar-refractivity contribution in [2.75, 3.05) is 18.5 Å². The maximum Gasteiger partial charge on any atom is 0.290 e. The quantitative estimate of drug-likeness (QED) is 0.871. The Balaban J connectivity index is 1.88. The molecule has 0 aliphatic carbocycles. The lowest BCUT2D eigenvalue weighted by Gasteiger charge is -2.16. The highest BCUT2D eigenvalue weighted by atomic mass is 16.1. The van der Waals surface area contributed by atoms with Gasteiger partial charge in [-0.15, -0.1) is 0 Å². The number of hydrogen-bond acceptors (Lipinski definition) is 3. The summed E-state index contributed by atoms with van der Waals surface area (Å²) in [5.41, 5.74) is 1.18. The van der Waals surface area contributed by atoms with E-state index in [-0.39, 0.29) is 5.56 Å². The van der Waals surface area contributed by atoms with Crippen molar-refractivity contribution in [3.63, 3.8) is 0 Å². The molecule has 0 radical (unpaired) electrons. The molecule has 0 aliphatic rings. The molecule has 0 amide bonds. The monoisotopic (exact) mass is 243 g/mol. The van der Waals surface area contributed by atoms with Gasteiger partial charge in [0, 0.05) is 26.0 Å². The fourth-order valence-electron chi connectivity index (χ4n) is 1.89. The number of nitrogens with zero attached hydrogens (tertiary/aromatic N) is 2. The second-order valence-corrected chi connectivity index (χ2v) is 4.25. The first-order valence-electron chi connectivity index (χ1n) is 6.06. The molecule has 2 aromatic rings. The fourth-order valence-corrected chi connectivity index (χ4v) is 1.89. The molecule has 0 aliphatic heterocycles. The maximum absolute atomic E-state index is 11.5. The first-order chi connectivity index (χ1) is 8.77. The van der Waals surface area contributed by atoms with E-state index in [1.807, 2.05) is 30.1 Å². The predicted molar refractivity (Wildman–Crippen MR) is 72.9 cm³/mol. The lowest BCUT2D eigenvalue weighted by molar-refractivity contribution is 0.771. The van der Waals surface area contributed by atoms with Gasteiger partial charge in [-0.3, -0.25) is 4.79 Å². The standard InChI is InChI=1S/C14H17N3O/c1-17(13-14(18)16-10-9-15-13)11-5-8-12-6-3-2-4-7-12/h2-4,6-7,9-10H,5,8,11H2,1H3,(H,16,18). The van der Waals surface area contributed by atoms with Gasteiger partial charge in [-0.2, -0.15) is 0 Å². The Morgan fingerprint density at radius 2 is 2.06 bits per heavy atom. The van der Waals surface area contributed by atoms with E-state index in [0.717, 1.165) is 19.4 Å². The van der Waals surface area contributed by atoms with Crippen molar-refractivity contribution in [1.82, 2.24) is 9.97 Å². The van der Waals surface area contributed by atoms with Gasteiger partial charge in [0.15, 0.2) is 5.82 Å². The molecule has 0 bridgehead atoms. The summed E-state index contributed by atoms with van der Waals surface area (Å²) in [6.07, 6.45) is 5.15. The third-order valence-corrected chi connectivity index (χ3v) is 2.85. The molecule has 0 atom stereocenters. The van der Waals surface area contributed by atoms with Gasteiger partial charge in [-0.25, -0.2) is 4.98 Å². The zero-order valence-corrected chi connectivity index (χ0v) is 10.5. The molecule has 1 aromatic carbocycles. The number of aromatic amines is 1. The Bertz CT molecular complexity index is 536. The van der Waals surface area contributed by atoms with Crippen LogP contribution in [0, 0.1) is 0 Å². The molecule has 0 saturated carbocycles. The number of anilines is 1. The second-order valence-electron chi connectivity index (χ2n) is 4.25. The van der Waals surface area contributed by atoms with Gasteiger partial charge < -0.3 is 9.88 Å². The van der Waals surface area contributed by atoms with E-state index >= 15 is 0 Å². The second kappa shape index (κ2) is 6.00. The van der Waals surface area contributed by atoms with E-state index < -0.39 is 0 Å². The largest absolute Gasteiger partial charge is 0.355 e. The number of nitrogens with one attached hydrogen (secondary N) is 1. The molecule has 4 heteroatoms.